The van der Waals surface area contributed by atoms with Crippen LogP contribution in [0.15, 0.2) is 12.1 Å². The molecule has 1 aromatic carbocycles. The standard InChI is InChI=1S/C14H18Cl2N2O3/c1-3-5-18(8-12(19)21-4-2)14(20)9-6-10(15)13(16)11(17)7-9/h6-7H,3-5,8,17H2,1-2H3. The van der Waals surface area contributed by atoms with Gasteiger partial charge in [0.2, 0.25) is 0 Å². The van der Waals surface area contributed by atoms with Gasteiger partial charge in [-0.3, -0.25) is 9.59 Å². The van der Waals surface area contributed by atoms with Crippen molar-refractivity contribution in [3.63, 3.8) is 0 Å². The molecule has 0 heterocycles. The number of carbonyl (C=O) groups excluding carboxylic acids is 2. The Bertz CT molecular complexity index is 512. The Labute approximate surface area is 133 Å². The van der Waals surface area contributed by atoms with Crippen molar-refractivity contribution in [3.05, 3.63) is 27.7 Å². The summed E-state index contributed by atoms with van der Waals surface area (Å²) in [6, 6.07) is 2.89. The topological polar surface area (TPSA) is 72.6 Å². The first-order valence-electron chi connectivity index (χ1n) is 6.60. The van der Waals surface area contributed by atoms with Gasteiger partial charge in [-0.15, -0.1) is 0 Å². The quantitative estimate of drug-likeness (QED) is 0.642. The van der Waals surface area contributed by atoms with Gasteiger partial charge in [0, 0.05) is 12.1 Å². The van der Waals surface area contributed by atoms with Crippen molar-refractivity contribution in [2.45, 2.75) is 20.3 Å². The van der Waals surface area contributed by atoms with Gasteiger partial charge < -0.3 is 15.4 Å². The van der Waals surface area contributed by atoms with Crippen LogP contribution >= 0.6 is 23.2 Å². The Morgan fingerprint density at radius 3 is 2.48 bits per heavy atom. The van der Waals surface area contributed by atoms with Gasteiger partial charge >= 0.3 is 5.97 Å². The minimum atomic E-state index is -0.452. The van der Waals surface area contributed by atoms with E-state index in [-0.39, 0.29) is 34.8 Å². The molecule has 0 aromatic heterocycles. The number of benzene rings is 1. The number of ether oxygens (including phenoxy) is 1. The van der Waals surface area contributed by atoms with E-state index in [1.807, 2.05) is 6.92 Å². The van der Waals surface area contributed by atoms with Crippen molar-refractivity contribution in [1.29, 1.82) is 0 Å². The predicted molar refractivity (Wildman–Crippen MR) is 83.7 cm³/mol. The number of rotatable bonds is 6. The van der Waals surface area contributed by atoms with Crippen LogP contribution < -0.4 is 5.73 Å². The van der Waals surface area contributed by atoms with E-state index >= 15 is 0 Å². The molecule has 116 valence electrons. The number of nitrogens with two attached hydrogens (primary N) is 1. The molecule has 0 radical (unpaired) electrons. The molecule has 0 atom stereocenters. The van der Waals surface area contributed by atoms with E-state index in [9.17, 15) is 9.59 Å². The number of amides is 1. The second-order valence-electron chi connectivity index (χ2n) is 4.39. The highest BCUT2D eigenvalue weighted by molar-refractivity contribution is 6.43. The molecule has 0 unspecified atom stereocenters. The van der Waals surface area contributed by atoms with Crippen LogP contribution in [0.3, 0.4) is 0 Å². The smallest absolute Gasteiger partial charge is 0.325 e. The summed E-state index contributed by atoms with van der Waals surface area (Å²) in [7, 11) is 0. The second-order valence-corrected chi connectivity index (χ2v) is 5.18. The molecule has 7 heteroatoms. The Balaban J connectivity index is 2.97. The average molecular weight is 333 g/mol. The van der Waals surface area contributed by atoms with Crippen LogP contribution in [-0.2, 0) is 9.53 Å². The van der Waals surface area contributed by atoms with Crippen molar-refractivity contribution < 1.29 is 14.3 Å². The zero-order valence-corrected chi connectivity index (χ0v) is 13.5. The van der Waals surface area contributed by atoms with Crippen LogP contribution in [0.5, 0.6) is 0 Å². The number of halogens is 2. The molecule has 1 aromatic rings. The summed E-state index contributed by atoms with van der Waals surface area (Å²) in [6.45, 7) is 4.21. The summed E-state index contributed by atoms with van der Waals surface area (Å²) >= 11 is 11.8. The van der Waals surface area contributed by atoms with E-state index in [0.29, 0.717) is 18.5 Å². The highest BCUT2D eigenvalue weighted by Gasteiger charge is 2.20. The van der Waals surface area contributed by atoms with Crippen LogP contribution in [0.4, 0.5) is 5.69 Å². The average Bonchev–Trinajstić information content (AvgIpc) is 2.43. The van der Waals surface area contributed by atoms with Gasteiger partial charge in [-0.1, -0.05) is 30.1 Å². The van der Waals surface area contributed by atoms with Gasteiger partial charge in [0.15, 0.2) is 0 Å². The van der Waals surface area contributed by atoms with E-state index in [2.05, 4.69) is 0 Å². The lowest BCUT2D eigenvalue weighted by Crippen LogP contribution is -2.37. The molecule has 5 nitrogen and oxygen atoms in total. The Kier molecular flexibility index (Phi) is 6.78. The fourth-order valence-corrected chi connectivity index (χ4v) is 2.14. The maximum atomic E-state index is 12.5. The molecule has 0 saturated heterocycles. The minimum Gasteiger partial charge on any atom is -0.465 e. The molecule has 0 bridgehead atoms. The molecular weight excluding hydrogens is 315 g/mol. The molecule has 0 fully saturated rings. The SMILES string of the molecule is CCCN(CC(=O)OCC)C(=O)c1cc(N)c(Cl)c(Cl)c1. The van der Waals surface area contributed by atoms with E-state index in [4.69, 9.17) is 33.7 Å². The van der Waals surface area contributed by atoms with Gasteiger partial charge in [0.05, 0.1) is 22.3 Å². The number of carbonyl (C=O) groups is 2. The number of nitrogen functional groups attached to an aromatic ring is 1. The summed E-state index contributed by atoms with van der Waals surface area (Å²) in [6.07, 6.45) is 0.710. The number of nitrogens with zero attached hydrogens (tertiary/aromatic N) is 1. The second kappa shape index (κ2) is 8.10. The molecule has 2 N–H and O–H groups in total. The molecule has 21 heavy (non-hydrogen) atoms. The maximum Gasteiger partial charge on any atom is 0.325 e. The van der Waals surface area contributed by atoms with Crippen molar-refractivity contribution in [2.24, 2.45) is 0 Å². The first-order chi connectivity index (χ1) is 9.90. The zero-order chi connectivity index (χ0) is 16.0. The van der Waals surface area contributed by atoms with Crippen molar-refractivity contribution in [1.82, 2.24) is 4.90 Å². The highest BCUT2D eigenvalue weighted by atomic mass is 35.5. The Morgan fingerprint density at radius 2 is 1.95 bits per heavy atom. The monoisotopic (exact) mass is 332 g/mol. The normalized spacial score (nSPS) is 10.3. The summed E-state index contributed by atoms with van der Waals surface area (Å²) in [4.78, 5) is 25.4. The first-order valence-corrected chi connectivity index (χ1v) is 7.35. The van der Waals surface area contributed by atoms with E-state index in [1.54, 1.807) is 6.92 Å². The summed E-state index contributed by atoms with van der Waals surface area (Å²) in [5.41, 5.74) is 6.22. The van der Waals surface area contributed by atoms with Crippen molar-refractivity contribution in [3.8, 4) is 0 Å². The lowest BCUT2D eigenvalue weighted by atomic mass is 10.1. The van der Waals surface area contributed by atoms with Gasteiger partial charge in [-0.05, 0) is 25.5 Å². The van der Waals surface area contributed by atoms with Crippen LogP contribution in [0.1, 0.15) is 30.6 Å². The first kappa shape index (κ1) is 17.6. The third-order valence-corrected chi connectivity index (χ3v) is 3.53. The maximum absolute atomic E-state index is 12.5. The molecule has 0 saturated carbocycles. The third kappa shape index (κ3) is 4.79. The molecule has 0 spiro atoms. The Hall–Kier alpha value is -1.46. The molecule has 0 aliphatic heterocycles. The van der Waals surface area contributed by atoms with Gasteiger partial charge in [-0.25, -0.2) is 0 Å². The van der Waals surface area contributed by atoms with Crippen molar-refractivity contribution in [2.75, 3.05) is 25.4 Å². The Morgan fingerprint density at radius 1 is 1.29 bits per heavy atom. The van der Waals surface area contributed by atoms with Crippen molar-refractivity contribution >= 4 is 40.8 Å². The number of hydrogen-bond donors (Lipinski definition) is 1. The lowest BCUT2D eigenvalue weighted by Gasteiger charge is -2.21. The largest absolute Gasteiger partial charge is 0.465 e. The molecular formula is C14H18Cl2N2O3. The fourth-order valence-electron chi connectivity index (χ4n) is 1.80. The van der Waals surface area contributed by atoms with Crippen LogP contribution in [0.25, 0.3) is 0 Å². The molecule has 1 amide bonds. The minimum absolute atomic E-state index is 0.110. The van der Waals surface area contributed by atoms with Gasteiger partial charge in [0.1, 0.15) is 6.54 Å². The molecule has 1 rings (SSSR count). The number of esters is 1. The van der Waals surface area contributed by atoms with Crippen LogP contribution in [-0.4, -0.2) is 36.5 Å². The van der Waals surface area contributed by atoms with Crippen LogP contribution in [0, 0.1) is 0 Å². The number of anilines is 1. The lowest BCUT2D eigenvalue weighted by molar-refractivity contribution is -0.143. The summed E-state index contributed by atoms with van der Waals surface area (Å²) in [5, 5.41) is 0.410. The summed E-state index contributed by atoms with van der Waals surface area (Å²) < 4.78 is 4.87. The number of hydrogen-bond acceptors (Lipinski definition) is 4. The molecule has 0 aliphatic carbocycles. The zero-order valence-electron chi connectivity index (χ0n) is 12.0. The fraction of sp³-hybridized carbons (Fsp3) is 0.429. The highest BCUT2D eigenvalue weighted by Crippen LogP contribution is 2.29. The predicted octanol–water partition coefficient (Wildman–Crippen LogP) is 2.99. The molecule has 0 aliphatic rings. The van der Waals surface area contributed by atoms with E-state index in [0.717, 1.165) is 0 Å². The van der Waals surface area contributed by atoms with E-state index < -0.39 is 5.97 Å². The van der Waals surface area contributed by atoms with Gasteiger partial charge in [0.25, 0.3) is 5.91 Å². The van der Waals surface area contributed by atoms with Crippen LogP contribution in [0.2, 0.25) is 10.0 Å². The summed E-state index contributed by atoms with van der Waals surface area (Å²) in [5.74, 6) is -0.789. The van der Waals surface area contributed by atoms with E-state index in [1.165, 1.54) is 17.0 Å². The van der Waals surface area contributed by atoms with Gasteiger partial charge in [-0.2, -0.15) is 0 Å². The third-order valence-electron chi connectivity index (χ3n) is 2.71.